The van der Waals surface area contributed by atoms with E-state index in [0.29, 0.717) is 0 Å². The summed E-state index contributed by atoms with van der Waals surface area (Å²) in [6, 6.07) is 46.0. The van der Waals surface area contributed by atoms with Gasteiger partial charge in [-0.2, -0.15) is 0 Å². The van der Waals surface area contributed by atoms with Crippen LogP contribution in [-0.2, 0) is 40.2 Å². The molecule has 0 aliphatic carbocycles. The van der Waals surface area contributed by atoms with E-state index in [9.17, 15) is 0 Å². The van der Waals surface area contributed by atoms with Crippen molar-refractivity contribution < 1.29 is 40.2 Å². The smallest absolute Gasteiger partial charge is 0.0268 e. The molecule has 0 N–H and O–H groups in total. The summed E-state index contributed by atoms with van der Waals surface area (Å²) in [7, 11) is 0. The Kier molecular flexibility index (Phi) is 12.3. The number of benzene rings is 4. The third-order valence-corrected chi connectivity index (χ3v) is 6.84. The number of aryl methyl sites for hydroxylation is 4. The molecule has 6 rings (SSSR count). The Bertz CT molecular complexity index is 1710. The summed E-state index contributed by atoms with van der Waals surface area (Å²) >= 11 is 0. The molecule has 0 bridgehead atoms. The fraction of sp³-hybridized carbons (Fsp3) is 0.105. The SMILES string of the molecule is Cc1cc(C)nc(-c2[c-]ccc(-c3ccccc3)c2)c1.Cc1cnc(-c2[c-]ccc(-c3ccccc3)c2)cc1C.[Ir].[Ir]. The van der Waals surface area contributed by atoms with Gasteiger partial charge in [0.05, 0.1) is 0 Å². The number of nitrogens with zero attached hydrogens (tertiary/aromatic N) is 2. The molecule has 0 atom stereocenters. The summed E-state index contributed by atoms with van der Waals surface area (Å²) < 4.78 is 0. The fourth-order valence-electron chi connectivity index (χ4n) is 4.60. The molecular weight excluding hydrogens is 869 g/mol. The summed E-state index contributed by atoms with van der Waals surface area (Å²) in [6.07, 6.45) is 1.92. The Balaban J connectivity index is 0.000000220. The van der Waals surface area contributed by atoms with Crippen LogP contribution in [-0.4, -0.2) is 9.97 Å². The molecule has 4 heteroatoms. The van der Waals surface area contributed by atoms with Crippen molar-refractivity contribution in [3.8, 4) is 44.8 Å². The van der Waals surface area contributed by atoms with Crippen LogP contribution in [0.4, 0.5) is 0 Å². The first-order valence-corrected chi connectivity index (χ1v) is 13.5. The topological polar surface area (TPSA) is 25.8 Å². The molecule has 4 aromatic carbocycles. The molecule has 42 heavy (non-hydrogen) atoms. The molecule has 6 aromatic rings. The maximum atomic E-state index is 4.61. The minimum absolute atomic E-state index is 0. The Morgan fingerprint density at radius 2 is 1.02 bits per heavy atom. The molecule has 0 unspecified atom stereocenters. The van der Waals surface area contributed by atoms with Crippen LogP contribution < -0.4 is 0 Å². The van der Waals surface area contributed by atoms with Gasteiger partial charge in [-0.05, 0) is 61.8 Å². The zero-order valence-corrected chi connectivity index (χ0v) is 28.9. The van der Waals surface area contributed by atoms with Crippen molar-refractivity contribution in [1.29, 1.82) is 0 Å². The van der Waals surface area contributed by atoms with Crippen molar-refractivity contribution in [2.45, 2.75) is 27.7 Å². The Hall–Kier alpha value is -3.52. The average molecular weight is 901 g/mol. The summed E-state index contributed by atoms with van der Waals surface area (Å²) in [5, 5.41) is 0. The van der Waals surface area contributed by atoms with Crippen LogP contribution in [0.5, 0.6) is 0 Å². The van der Waals surface area contributed by atoms with Gasteiger partial charge < -0.3 is 9.97 Å². The van der Waals surface area contributed by atoms with E-state index in [1.165, 1.54) is 38.9 Å². The van der Waals surface area contributed by atoms with Gasteiger partial charge in [0.15, 0.2) is 0 Å². The first-order chi connectivity index (χ1) is 19.5. The van der Waals surface area contributed by atoms with Crippen molar-refractivity contribution in [3.63, 3.8) is 0 Å². The van der Waals surface area contributed by atoms with Gasteiger partial charge in [0, 0.05) is 52.1 Å². The second-order valence-corrected chi connectivity index (χ2v) is 10.0. The quantitative estimate of drug-likeness (QED) is 0.165. The third kappa shape index (κ3) is 8.50. The largest absolute Gasteiger partial charge is 0.304 e. The molecule has 0 aliphatic rings. The van der Waals surface area contributed by atoms with E-state index in [4.69, 9.17) is 0 Å². The number of pyridine rings is 2. The van der Waals surface area contributed by atoms with Crippen LogP contribution in [0, 0.1) is 39.8 Å². The van der Waals surface area contributed by atoms with Crippen LogP contribution in [0.3, 0.4) is 0 Å². The van der Waals surface area contributed by atoms with E-state index < -0.39 is 0 Å². The number of aromatic nitrogens is 2. The van der Waals surface area contributed by atoms with Gasteiger partial charge in [-0.25, -0.2) is 0 Å². The minimum atomic E-state index is 0. The van der Waals surface area contributed by atoms with Crippen molar-refractivity contribution in [2.75, 3.05) is 0 Å². The maximum absolute atomic E-state index is 4.61. The molecule has 2 nitrogen and oxygen atoms in total. The van der Waals surface area contributed by atoms with Crippen molar-refractivity contribution in [2.24, 2.45) is 0 Å². The van der Waals surface area contributed by atoms with Crippen molar-refractivity contribution in [3.05, 3.63) is 156 Å². The predicted octanol–water partition coefficient (Wildman–Crippen LogP) is 9.66. The van der Waals surface area contributed by atoms with Gasteiger partial charge >= 0.3 is 0 Å². The summed E-state index contributed by atoms with van der Waals surface area (Å²) in [5.74, 6) is 0. The standard InChI is InChI=1S/2C19H16N.2Ir/c1-14-11-19(20-13-15(14)2)18-10-6-9-17(12-18)16-7-4-3-5-8-16;1-14-11-15(2)20-19(12-14)18-10-6-9-17(13-18)16-7-4-3-5-8-16;;/h2*3-9,11-13H,1-2H3;;/q2*-1;;. The molecule has 2 heterocycles. The van der Waals surface area contributed by atoms with E-state index >= 15 is 0 Å². The number of hydrogen-bond donors (Lipinski definition) is 0. The molecule has 2 radical (unpaired) electrons. The third-order valence-electron chi connectivity index (χ3n) is 6.84. The molecule has 214 valence electrons. The van der Waals surface area contributed by atoms with Crippen LogP contribution in [0.15, 0.2) is 121 Å². The Morgan fingerprint density at radius 3 is 1.52 bits per heavy atom. The second kappa shape index (κ2) is 15.6. The first kappa shape index (κ1) is 33.0. The number of rotatable bonds is 4. The summed E-state index contributed by atoms with van der Waals surface area (Å²) in [4.78, 5) is 9.12. The molecule has 2 aromatic heterocycles. The molecule has 0 spiro atoms. The Morgan fingerprint density at radius 1 is 0.500 bits per heavy atom. The van der Waals surface area contributed by atoms with Gasteiger partial charge in [-0.3, -0.25) is 0 Å². The van der Waals surface area contributed by atoms with Gasteiger partial charge in [-0.1, -0.05) is 83.9 Å². The monoisotopic (exact) mass is 902 g/mol. The molecule has 0 saturated carbocycles. The normalized spacial score (nSPS) is 10.0. The van der Waals surface area contributed by atoms with E-state index in [1.807, 2.05) is 37.4 Å². The van der Waals surface area contributed by atoms with Gasteiger partial charge in [0.2, 0.25) is 0 Å². The number of hydrogen-bond acceptors (Lipinski definition) is 2. The van der Waals surface area contributed by atoms with Crippen LogP contribution in [0.1, 0.15) is 22.4 Å². The summed E-state index contributed by atoms with van der Waals surface area (Å²) in [5.41, 5.74) is 13.6. The van der Waals surface area contributed by atoms with Crippen LogP contribution in [0.2, 0.25) is 0 Å². The van der Waals surface area contributed by atoms with Gasteiger partial charge in [-0.15, -0.1) is 70.8 Å². The molecule has 0 amide bonds. The van der Waals surface area contributed by atoms with Crippen LogP contribution in [0.25, 0.3) is 44.8 Å². The fourth-order valence-corrected chi connectivity index (χ4v) is 4.60. The summed E-state index contributed by atoms with van der Waals surface area (Å²) in [6.45, 7) is 8.31. The maximum Gasteiger partial charge on any atom is 0.0268 e. The van der Waals surface area contributed by atoms with Crippen molar-refractivity contribution in [1.82, 2.24) is 9.97 Å². The van der Waals surface area contributed by atoms with Gasteiger partial charge in [0.25, 0.3) is 0 Å². The zero-order valence-electron chi connectivity index (χ0n) is 24.1. The zero-order chi connectivity index (χ0) is 27.9. The molecule has 0 saturated heterocycles. The molecular formula is C38H32Ir2N2-2. The Labute approximate surface area is 277 Å². The second-order valence-electron chi connectivity index (χ2n) is 10.0. The first-order valence-electron chi connectivity index (χ1n) is 13.5. The van der Waals surface area contributed by atoms with E-state index in [1.54, 1.807) is 0 Å². The van der Waals surface area contributed by atoms with E-state index in [0.717, 1.165) is 28.2 Å². The molecule has 0 fully saturated rings. The van der Waals surface area contributed by atoms with Crippen LogP contribution >= 0.6 is 0 Å². The van der Waals surface area contributed by atoms with Crippen molar-refractivity contribution >= 4 is 0 Å². The minimum Gasteiger partial charge on any atom is -0.304 e. The average Bonchev–Trinajstić information content (AvgIpc) is 2.99. The van der Waals surface area contributed by atoms with E-state index in [-0.39, 0.29) is 40.2 Å². The van der Waals surface area contributed by atoms with Gasteiger partial charge in [0.1, 0.15) is 0 Å². The molecule has 0 aliphatic heterocycles. The van der Waals surface area contributed by atoms with E-state index in [2.05, 4.69) is 134 Å². The predicted molar refractivity (Wildman–Crippen MR) is 167 cm³/mol.